The Balaban J connectivity index is 1.63. The first-order valence-corrected chi connectivity index (χ1v) is 5.37. The molecule has 1 amide bonds. The number of hydrogen-bond acceptors (Lipinski definition) is 3. The van der Waals surface area contributed by atoms with E-state index in [2.05, 4.69) is 5.32 Å². The Hall–Kier alpha value is -0.610. The lowest BCUT2D eigenvalue weighted by Gasteiger charge is -2.24. The fraction of sp³-hybridized carbons (Fsp3) is 0.900. The van der Waals surface area contributed by atoms with E-state index in [1.54, 1.807) is 0 Å². The monoisotopic (exact) mass is 199 g/mol. The molecule has 14 heavy (non-hydrogen) atoms. The van der Waals surface area contributed by atoms with Crippen molar-refractivity contribution in [3.63, 3.8) is 0 Å². The lowest BCUT2D eigenvalue weighted by atomic mass is 10.2. The molecule has 0 bridgehead atoms. The molecule has 80 valence electrons. The van der Waals surface area contributed by atoms with Gasteiger partial charge in [-0.1, -0.05) is 0 Å². The predicted molar refractivity (Wildman–Crippen MR) is 50.7 cm³/mol. The molecule has 0 aliphatic carbocycles. The van der Waals surface area contributed by atoms with E-state index in [9.17, 15) is 4.79 Å². The van der Waals surface area contributed by atoms with E-state index in [-0.39, 0.29) is 18.2 Å². The van der Waals surface area contributed by atoms with Crippen LogP contribution in [-0.4, -0.2) is 31.5 Å². The molecular weight excluding hydrogens is 182 g/mol. The molecule has 2 rings (SSSR count). The maximum absolute atomic E-state index is 10.9. The van der Waals surface area contributed by atoms with Crippen LogP contribution in [0.25, 0.3) is 0 Å². The quantitative estimate of drug-likeness (QED) is 0.731. The van der Waals surface area contributed by atoms with Crippen molar-refractivity contribution >= 4 is 5.91 Å². The second-order valence-electron chi connectivity index (χ2n) is 3.93. The van der Waals surface area contributed by atoms with Crippen molar-refractivity contribution in [2.45, 2.75) is 44.4 Å². The Bertz CT molecular complexity index is 202. The smallest absolute Gasteiger partial charge is 0.220 e. The molecule has 2 saturated heterocycles. The first-order chi connectivity index (χ1) is 6.84. The van der Waals surface area contributed by atoms with Gasteiger partial charge in [0.25, 0.3) is 0 Å². The van der Waals surface area contributed by atoms with Gasteiger partial charge in [0.15, 0.2) is 6.29 Å². The van der Waals surface area contributed by atoms with Gasteiger partial charge < -0.3 is 14.8 Å². The summed E-state index contributed by atoms with van der Waals surface area (Å²) >= 11 is 0. The van der Waals surface area contributed by atoms with E-state index in [4.69, 9.17) is 9.47 Å². The van der Waals surface area contributed by atoms with Crippen LogP contribution in [0.2, 0.25) is 0 Å². The van der Waals surface area contributed by atoms with Crippen LogP contribution in [0.1, 0.15) is 32.1 Å². The molecule has 0 saturated carbocycles. The molecule has 2 aliphatic heterocycles. The van der Waals surface area contributed by atoms with Crippen molar-refractivity contribution in [2.24, 2.45) is 0 Å². The van der Waals surface area contributed by atoms with Gasteiger partial charge in [-0.05, 0) is 25.7 Å². The van der Waals surface area contributed by atoms with Crippen molar-refractivity contribution < 1.29 is 14.3 Å². The van der Waals surface area contributed by atoms with Crippen LogP contribution in [0.5, 0.6) is 0 Å². The average Bonchev–Trinajstić information content (AvgIpc) is 2.63. The topological polar surface area (TPSA) is 47.6 Å². The molecule has 2 fully saturated rings. The molecule has 0 aromatic rings. The van der Waals surface area contributed by atoms with Crippen molar-refractivity contribution in [2.75, 3.05) is 13.2 Å². The zero-order valence-corrected chi connectivity index (χ0v) is 8.33. The number of ether oxygens (including phenoxy) is 2. The van der Waals surface area contributed by atoms with Crippen molar-refractivity contribution in [1.29, 1.82) is 0 Å². The van der Waals surface area contributed by atoms with Crippen LogP contribution in [0.3, 0.4) is 0 Å². The lowest BCUT2D eigenvalue weighted by Crippen LogP contribution is -2.33. The van der Waals surface area contributed by atoms with Crippen molar-refractivity contribution in [3.05, 3.63) is 0 Å². The van der Waals surface area contributed by atoms with Gasteiger partial charge in [-0.2, -0.15) is 0 Å². The number of carbonyl (C=O) groups is 1. The highest BCUT2D eigenvalue weighted by molar-refractivity contribution is 5.78. The molecule has 2 atom stereocenters. The van der Waals surface area contributed by atoms with Crippen LogP contribution < -0.4 is 5.32 Å². The van der Waals surface area contributed by atoms with Crippen LogP contribution in [0.4, 0.5) is 0 Å². The highest BCUT2D eigenvalue weighted by atomic mass is 16.7. The summed E-state index contributed by atoms with van der Waals surface area (Å²) in [5.41, 5.74) is 0. The van der Waals surface area contributed by atoms with Gasteiger partial charge in [0.05, 0.1) is 12.6 Å². The van der Waals surface area contributed by atoms with Gasteiger partial charge in [0.1, 0.15) is 0 Å². The number of rotatable bonds is 3. The van der Waals surface area contributed by atoms with Gasteiger partial charge in [0, 0.05) is 13.0 Å². The molecule has 0 radical (unpaired) electrons. The maximum Gasteiger partial charge on any atom is 0.220 e. The summed E-state index contributed by atoms with van der Waals surface area (Å²) in [7, 11) is 0. The molecule has 2 heterocycles. The minimum Gasteiger partial charge on any atom is -0.353 e. The Labute approximate surface area is 84.0 Å². The number of amides is 1. The predicted octanol–water partition coefficient (Wildman–Crippen LogP) is 0.808. The maximum atomic E-state index is 10.9. The zero-order valence-electron chi connectivity index (χ0n) is 8.33. The highest BCUT2D eigenvalue weighted by Gasteiger charge is 2.22. The van der Waals surface area contributed by atoms with Crippen LogP contribution >= 0.6 is 0 Å². The second kappa shape index (κ2) is 4.75. The summed E-state index contributed by atoms with van der Waals surface area (Å²) in [5.74, 6) is 0.142. The molecule has 1 N–H and O–H groups in total. The first kappa shape index (κ1) is 9.93. The van der Waals surface area contributed by atoms with Crippen LogP contribution in [-0.2, 0) is 14.3 Å². The Morgan fingerprint density at radius 1 is 1.43 bits per heavy atom. The van der Waals surface area contributed by atoms with E-state index < -0.39 is 0 Å². The lowest BCUT2D eigenvalue weighted by molar-refractivity contribution is -0.165. The molecule has 4 heteroatoms. The van der Waals surface area contributed by atoms with Gasteiger partial charge in [0.2, 0.25) is 5.91 Å². The SMILES string of the molecule is O=C1CC[C@@H](CO[C@@H]2CCCCO2)N1. The number of carbonyl (C=O) groups excluding carboxylic acids is 1. The number of hydrogen-bond donors (Lipinski definition) is 1. The average molecular weight is 199 g/mol. The summed E-state index contributed by atoms with van der Waals surface area (Å²) in [6.45, 7) is 1.40. The third kappa shape index (κ3) is 2.69. The summed E-state index contributed by atoms with van der Waals surface area (Å²) in [6, 6.07) is 0.202. The van der Waals surface area contributed by atoms with Crippen molar-refractivity contribution in [3.8, 4) is 0 Å². The minimum atomic E-state index is -0.0405. The molecule has 0 aromatic carbocycles. The largest absolute Gasteiger partial charge is 0.353 e. The standard InChI is InChI=1S/C10H17NO3/c12-9-5-4-8(11-9)7-14-10-3-1-2-6-13-10/h8,10H,1-7H2,(H,11,12)/t8-,10+/m0/s1. The fourth-order valence-electron chi connectivity index (χ4n) is 1.87. The van der Waals surface area contributed by atoms with E-state index in [1.165, 1.54) is 6.42 Å². The van der Waals surface area contributed by atoms with E-state index in [0.717, 1.165) is 25.9 Å². The minimum absolute atomic E-state index is 0.0405. The van der Waals surface area contributed by atoms with Crippen molar-refractivity contribution in [1.82, 2.24) is 5.32 Å². The molecule has 0 aromatic heterocycles. The Kier molecular flexibility index (Phi) is 3.37. The normalized spacial score (nSPS) is 33.0. The summed E-state index contributed by atoms with van der Waals surface area (Å²) in [6.07, 6.45) is 4.80. The van der Waals surface area contributed by atoms with E-state index >= 15 is 0 Å². The third-order valence-corrected chi connectivity index (χ3v) is 2.71. The Morgan fingerprint density at radius 3 is 3.00 bits per heavy atom. The Morgan fingerprint density at radius 2 is 2.36 bits per heavy atom. The van der Waals surface area contributed by atoms with Crippen LogP contribution in [0, 0.1) is 0 Å². The first-order valence-electron chi connectivity index (χ1n) is 5.37. The summed E-state index contributed by atoms with van der Waals surface area (Å²) in [5, 5.41) is 2.87. The molecule has 0 unspecified atom stereocenters. The zero-order chi connectivity index (χ0) is 9.80. The van der Waals surface area contributed by atoms with Gasteiger partial charge >= 0.3 is 0 Å². The second-order valence-corrected chi connectivity index (χ2v) is 3.93. The molecule has 4 nitrogen and oxygen atoms in total. The van der Waals surface area contributed by atoms with Gasteiger partial charge in [-0.25, -0.2) is 0 Å². The fourth-order valence-corrected chi connectivity index (χ4v) is 1.87. The molecule has 0 spiro atoms. The van der Waals surface area contributed by atoms with Gasteiger partial charge in [-0.3, -0.25) is 4.79 Å². The summed E-state index contributed by atoms with van der Waals surface area (Å²) < 4.78 is 11.0. The van der Waals surface area contributed by atoms with Gasteiger partial charge in [-0.15, -0.1) is 0 Å². The highest BCUT2D eigenvalue weighted by Crippen LogP contribution is 2.15. The molecular formula is C10H17NO3. The third-order valence-electron chi connectivity index (χ3n) is 2.71. The number of nitrogens with one attached hydrogen (secondary N) is 1. The molecule has 2 aliphatic rings. The van der Waals surface area contributed by atoms with E-state index in [1.807, 2.05) is 0 Å². The van der Waals surface area contributed by atoms with E-state index in [0.29, 0.717) is 13.0 Å². The summed E-state index contributed by atoms with van der Waals surface area (Å²) in [4.78, 5) is 10.9. The van der Waals surface area contributed by atoms with Crippen LogP contribution in [0.15, 0.2) is 0 Å².